The van der Waals surface area contributed by atoms with Gasteiger partial charge < -0.3 is 5.32 Å². The molecule has 0 saturated heterocycles. The Morgan fingerprint density at radius 1 is 1.06 bits per heavy atom. The van der Waals surface area contributed by atoms with Crippen LogP contribution in [0.25, 0.3) is 17.2 Å². The lowest BCUT2D eigenvalue weighted by atomic mass is 9.79. The standard InChI is InChI=1S/C24H21FN6O2S/c1-34(33)17-9-10-19(27-14-17)23-30-29-22(31(23)21-8-3-2-6-18(21)25)15-12-16(13-15)28-24(32)20-7-4-5-11-26-20/h2-11,14-16H,12-13H2,1H3,(H,28,32). The molecule has 0 aliphatic heterocycles. The van der Waals surface area contributed by atoms with Gasteiger partial charge in [0.25, 0.3) is 5.91 Å². The normalized spacial score (nSPS) is 18.2. The van der Waals surface area contributed by atoms with Crippen molar-refractivity contribution in [2.45, 2.75) is 29.7 Å². The Morgan fingerprint density at radius 3 is 2.53 bits per heavy atom. The third kappa shape index (κ3) is 4.24. The van der Waals surface area contributed by atoms with Crippen LogP contribution >= 0.6 is 0 Å². The zero-order valence-electron chi connectivity index (χ0n) is 18.3. The molecule has 1 atom stereocenters. The Hall–Kier alpha value is -3.79. The fourth-order valence-corrected chi connectivity index (χ4v) is 4.44. The van der Waals surface area contributed by atoms with E-state index in [0.29, 0.717) is 46.5 Å². The summed E-state index contributed by atoms with van der Waals surface area (Å²) < 4.78 is 28.2. The van der Waals surface area contributed by atoms with Crippen molar-refractivity contribution in [2.24, 2.45) is 0 Å². The molecule has 8 nitrogen and oxygen atoms in total. The minimum atomic E-state index is -1.16. The zero-order valence-corrected chi connectivity index (χ0v) is 19.1. The Morgan fingerprint density at radius 2 is 1.85 bits per heavy atom. The summed E-state index contributed by atoms with van der Waals surface area (Å²) in [6.45, 7) is 0. The highest BCUT2D eigenvalue weighted by molar-refractivity contribution is 7.84. The van der Waals surface area contributed by atoms with Gasteiger partial charge in [0.1, 0.15) is 23.0 Å². The van der Waals surface area contributed by atoms with E-state index >= 15 is 0 Å². The maximum Gasteiger partial charge on any atom is 0.270 e. The predicted octanol–water partition coefficient (Wildman–Crippen LogP) is 3.28. The SMILES string of the molecule is CS(=O)c1ccc(-c2nnc(C3CC(NC(=O)c4ccccn4)C3)n2-c2ccccc2F)nc1. The van der Waals surface area contributed by atoms with Gasteiger partial charge in [-0.05, 0) is 49.2 Å². The first kappa shape index (κ1) is 22.0. The summed E-state index contributed by atoms with van der Waals surface area (Å²) in [4.78, 5) is 21.5. The summed E-state index contributed by atoms with van der Waals surface area (Å²) in [5, 5.41) is 11.7. The van der Waals surface area contributed by atoms with Crippen molar-refractivity contribution in [2.75, 3.05) is 6.26 Å². The van der Waals surface area contributed by atoms with Gasteiger partial charge in [0.15, 0.2) is 5.82 Å². The second kappa shape index (κ2) is 9.22. The molecule has 172 valence electrons. The number of halogens is 1. The lowest BCUT2D eigenvalue weighted by Gasteiger charge is -2.35. The van der Waals surface area contributed by atoms with Crippen LogP contribution in [0.4, 0.5) is 4.39 Å². The number of para-hydroxylation sites is 1. The van der Waals surface area contributed by atoms with Gasteiger partial charge in [-0.3, -0.25) is 23.5 Å². The van der Waals surface area contributed by atoms with E-state index in [4.69, 9.17) is 0 Å². The number of amides is 1. The maximum atomic E-state index is 14.8. The van der Waals surface area contributed by atoms with E-state index in [0.717, 1.165) is 0 Å². The molecule has 3 aromatic heterocycles. The summed E-state index contributed by atoms with van der Waals surface area (Å²) in [7, 11) is -1.16. The lowest BCUT2D eigenvalue weighted by Crippen LogP contribution is -2.44. The number of hydrogen-bond donors (Lipinski definition) is 1. The highest BCUT2D eigenvalue weighted by Crippen LogP contribution is 2.38. The maximum absolute atomic E-state index is 14.8. The second-order valence-corrected chi connectivity index (χ2v) is 9.44. The highest BCUT2D eigenvalue weighted by atomic mass is 32.2. The fraction of sp³-hybridized carbons (Fsp3) is 0.208. The number of carbonyl (C=O) groups excluding carboxylic acids is 1. The van der Waals surface area contributed by atoms with Gasteiger partial charge in [-0.1, -0.05) is 18.2 Å². The number of hydrogen-bond acceptors (Lipinski definition) is 6. The van der Waals surface area contributed by atoms with Crippen molar-refractivity contribution in [1.29, 1.82) is 0 Å². The molecule has 1 aliphatic rings. The van der Waals surface area contributed by atoms with Crippen molar-refractivity contribution in [3.63, 3.8) is 0 Å². The quantitative estimate of drug-likeness (QED) is 0.458. The molecule has 34 heavy (non-hydrogen) atoms. The molecular formula is C24H21FN6O2S. The molecule has 1 unspecified atom stereocenters. The van der Waals surface area contributed by atoms with E-state index in [2.05, 4.69) is 25.5 Å². The number of nitrogens with one attached hydrogen (secondary N) is 1. The molecule has 10 heteroatoms. The van der Waals surface area contributed by atoms with Crippen LogP contribution < -0.4 is 5.32 Å². The Balaban J connectivity index is 1.43. The average molecular weight is 477 g/mol. The van der Waals surface area contributed by atoms with Crippen molar-refractivity contribution in [3.8, 4) is 17.2 Å². The van der Waals surface area contributed by atoms with Crippen LogP contribution in [-0.4, -0.2) is 47.1 Å². The first-order valence-corrected chi connectivity index (χ1v) is 12.3. The molecule has 1 aliphatic carbocycles. The Bertz CT molecular complexity index is 1350. The topological polar surface area (TPSA) is 103 Å². The molecule has 1 saturated carbocycles. The van der Waals surface area contributed by atoms with E-state index in [1.807, 2.05) is 0 Å². The average Bonchev–Trinajstić information content (AvgIpc) is 3.26. The van der Waals surface area contributed by atoms with Crippen LogP contribution in [-0.2, 0) is 10.8 Å². The molecule has 1 aromatic carbocycles. The van der Waals surface area contributed by atoms with E-state index < -0.39 is 16.6 Å². The summed E-state index contributed by atoms with van der Waals surface area (Å²) in [6.07, 6.45) is 5.97. The smallest absolute Gasteiger partial charge is 0.270 e. The van der Waals surface area contributed by atoms with Gasteiger partial charge in [-0.25, -0.2) is 4.39 Å². The Kier molecular flexibility index (Phi) is 5.97. The van der Waals surface area contributed by atoms with Gasteiger partial charge >= 0.3 is 0 Å². The van der Waals surface area contributed by atoms with Gasteiger partial charge in [-0.15, -0.1) is 10.2 Å². The van der Waals surface area contributed by atoms with Gasteiger partial charge in [0, 0.05) is 30.6 Å². The molecule has 3 heterocycles. The number of nitrogens with zero attached hydrogens (tertiary/aromatic N) is 5. The molecule has 1 amide bonds. The third-order valence-corrected chi connectivity index (χ3v) is 6.72. The molecule has 1 N–H and O–H groups in total. The molecule has 4 aromatic rings. The van der Waals surface area contributed by atoms with Crippen molar-refractivity contribution in [3.05, 3.63) is 84.3 Å². The summed E-state index contributed by atoms with van der Waals surface area (Å²) in [5.41, 5.74) is 1.18. The van der Waals surface area contributed by atoms with E-state index in [-0.39, 0.29) is 17.9 Å². The van der Waals surface area contributed by atoms with Crippen LogP contribution in [0.1, 0.15) is 35.1 Å². The fourth-order valence-electron chi connectivity index (χ4n) is 3.98. The monoisotopic (exact) mass is 476 g/mol. The predicted molar refractivity (Wildman–Crippen MR) is 124 cm³/mol. The van der Waals surface area contributed by atoms with Crippen LogP contribution in [0, 0.1) is 5.82 Å². The molecule has 0 radical (unpaired) electrons. The van der Waals surface area contributed by atoms with Gasteiger partial charge in [0.05, 0.1) is 21.4 Å². The molecule has 5 rings (SSSR count). The number of carbonyl (C=O) groups is 1. The number of pyridine rings is 2. The summed E-state index contributed by atoms with van der Waals surface area (Å²) >= 11 is 0. The number of benzene rings is 1. The molecule has 0 bridgehead atoms. The minimum absolute atomic E-state index is 0.0164. The second-order valence-electron chi connectivity index (χ2n) is 8.06. The zero-order chi connectivity index (χ0) is 23.7. The van der Waals surface area contributed by atoms with Crippen LogP contribution in [0.5, 0.6) is 0 Å². The van der Waals surface area contributed by atoms with Crippen molar-refractivity contribution >= 4 is 16.7 Å². The summed E-state index contributed by atoms with van der Waals surface area (Å²) in [5.74, 6) is 0.355. The third-order valence-electron chi connectivity index (χ3n) is 5.81. The molecule has 0 spiro atoms. The van der Waals surface area contributed by atoms with Crippen molar-refractivity contribution < 1.29 is 13.4 Å². The van der Waals surface area contributed by atoms with Crippen LogP contribution in [0.15, 0.2) is 71.9 Å². The van der Waals surface area contributed by atoms with E-state index in [1.54, 1.807) is 65.6 Å². The first-order chi connectivity index (χ1) is 16.5. The number of aromatic nitrogens is 5. The Labute approximate surface area is 197 Å². The van der Waals surface area contributed by atoms with Crippen LogP contribution in [0.3, 0.4) is 0 Å². The van der Waals surface area contributed by atoms with Crippen molar-refractivity contribution in [1.82, 2.24) is 30.0 Å². The highest BCUT2D eigenvalue weighted by Gasteiger charge is 2.36. The minimum Gasteiger partial charge on any atom is -0.348 e. The largest absolute Gasteiger partial charge is 0.348 e. The molecular weight excluding hydrogens is 455 g/mol. The number of rotatable bonds is 6. The first-order valence-electron chi connectivity index (χ1n) is 10.7. The summed E-state index contributed by atoms with van der Waals surface area (Å²) in [6, 6.07) is 15.0. The van der Waals surface area contributed by atoms with E-state index in [9.17, 15) is 13.4 Å². The van der Waals surface area contributed by atoms with Crippen LogP contribution in [0.2, 0.25) is 0 Å². The van der Waals surface area contributed by atoms with Gasteiger partial charge in [0.2, 0.25) is 0 Å². The molecule has 1 fully saturated rings. The van der Waals surface area contributed by atoms with E-state index in [1.165, 1.54) is 12.3 Å². The lowest BCUT2D eigenvalue weighted by molar-refractivity contribution is 0.0902. The van der Waals surface area contributed by atoms with Gasteiger partial charge in [-0.2, -0.15) is 0 Å².